The first kappa shape index (κ1) is 9.53. The fourth-order valence-electron chi connectivity index (χ4n) is 1.93. The van der Waals surface area contributed by atoms with Crippen molar-refractivity contribution in [2.75, 3.05) is 18.4 Å². The second-order valence-electron chi connectivity index (χ2n) is 3.89. The summed E-state index contributed by atoms with van der Waals surface area (Å²) in [5, 5.41) is 7.01. The van der Waals surface area contributed by atoms with Crippen LogP contribution in [0.15, 0.2) is 24.3 Å². The van der Waals surface area contributed by atoms with Crippen LogP contribution < -0.4 is 10.6 Å². The van der Waals surface area contributed by atoms with E-state index in [1.54, 1.807) is 0 Å². The Hall–Kier alpha value is -1.02. The summed E-state index contributed by atoms with van der Waals surface area (Å²) in [4.78, 5) is 0. The maximum atomic E-state index is 3.55. The topological polar surface area (TPSA) is 24.1 Å². The highest BCUT2D eigenvalue weighted by Crippen LogP contribution is 2.20. The molecule has 1 aromatic rings. The summed E-state index contributed by atoms with van der Waals surface area (Å²) in [5.41, 5.74) is 2.74. The molecule has 0 unspecified atom stereocenters. The van der Waals surface area contributed by atoms with Gasteiger partial charge in [-0.15, -0.1) is 0 Å². The number of fused-ring (bicyclic) bond motifs is 1. The van der Waals surface area contributed by atoms with E-state index in [2.05, 4.69) is 41.8 Å². The maximum absolute atomic E-state index is 3.55. The molecule has 14 heavy (non-hydrogen) atoms. The Balaban J connectivity index is 1.99. The summed E-state index contributed by atoms with van der Waals surface area (Å²) >= 11 is 0. The van der Waals surface area contributed by atoms with Gasteiger partial charge in [-0.05, 0) is 31.0 Å². The minimum absolute atomic E-state index is 0.602. The van der Waals surface area contributed by atoms with Gasteiger partial charge in [0.15, 0.2) is 0 Å². The third kappa shape index (κ3) is 2.07. The van der Waals surface area contributed by atoms with E-state index in [-0.39, 0.29) is 0 Å². The van der Waals surface area contributed by atoms with Crippen LogP contribution in [0.3, 0.4) is 0 Å². The van der Waals surface area contributed by atoms with E-state index in [4.69, 9.17) is 0 Å². The molecule has 2 N–H and O–H groups in total. The van der Waals surface area contributed by atoms with Crippen molar-refractivity contribution in [2.24, 2.45) is 0 Å². The van der Waals surface area contributed by atoms with Crippen LogP contribution in [0.2, 0.25) is 0 Å². The average Bonchev–Trinajstić information content (AvgIpc) is 2.26. The molecule has 1 aromatic carbocycles. The Bertz CT molecular complexity index is 296. The SMILES string of the molecule is CCCN[C@H]1CNc2ccccc2C1. The summed E-state index contributed by atoms with van der Waals surface area (Å²) in [6.45, 7) is 4.38. The molecule has 0 amide bonds. The zero-order chi connectivity index (χ0) is 9.80. The molecule has 1 aliphatic rings. The zero-order valence-corrected chi connectivity index (χ0v) is 8.72. The minimum Gasteiger partial charge on any atom is -0.383 e. The molecule has 1 aliphatic heterocycles. The molecule has 0 bridgehead atoms. The van der Waals surface area contributed by atoms with Gasteiger partial charge in [-0.2, -0.15) is 0 Å². The molecule has 0 spiro atoms. The Morgan fingerprint density at radius 2 is 2.29 bits per heavy atom. The molecule has 1 heterocycles. The fourth-order valence-corrected chi connectivity index (χ4v) is 1.93. The standard InChI is InChI=1S/C12H18N2/c1-2-7-13-11-8-10-5-3-4-6-12(10)14-9-11/h3-6,11,13-14H,2,7-9H2,1H3/t11-/m1/s1. The van der Waals surface area contributed by atoms with Gasteiger partial charge in [-0.25, -0.2) is 0 Å². The van der Waals surface area contributed by atoms with E-state index >= 15 is 0 Å². The number of benzene rings is 1. The lowest BCUT2D eigenvalue weighted by atomic mass is 10.00. The van der Waals surface area contributed by atoms with E-state index in [0.717, 1.165) is 19.5 Å². The summed E-state index contributed by atoms with van der Waals surface area (Å²) in [5.74, 6) is 0. The zero-order valence-electron chi connectivity index (χ0n) is 8.72. The van der Waals surface area contributed by atoms with Gasteiger partial charge in [-0.1, -0.05) is 25.1 Å². The molecule has 76 valence electrons. The molecule has 0 saturated carbocycles. The van der Waals surface area contributed by atoms with E-state index in [1.807, 2.05) is 0 Å². The summed E-state index contributed by atoms with van der Waals surface area (Å²) in [6.07, 6.45) is 2.36. The Morgan fingerprint density at radius 1 is 1.43 bits per heavy atom. The van der Waals surface area contributed by atoms with Crippen LogP contribution in [-0.2, 0) is 6.42 Å². The normalized spacial score (nSPS) is 19.9. The smallest absolute Gasteiger partial charge is 0.0373 e. The molecular weight excluding hydrogens is 172 g/mol. The highest BCUT2D eigenvalue weighted by Gasteiger charge is 2.16. The third-order valence-corrected chi connectivity index (χ3v) is 2.71. The average molecular weight is 190 g/mol. The summed E-state index contributed by atoms with van der Waals surface area (Å²) in [7, 11) is 0. The van der Waals surface area contributed by atoms with Crippen molar-refractivity contribution in [3.05, 3.63) is 29.8 Å². The molecule has 0 fully saturated rings. The number of rotatable bonds is 3. The van der Waals surface area contributed by atoms with Gasteiger partial charge >= 0.3 is 0 Å². The van der Waals surface area contributed by atoms with Crippen molar-refractivity contribution in [1.29, 1.82) is 0 Å². The number of hydrogen-bond acceptors (Lipinski definition) is 2. The first-order valence-electron chi connectivity index (χ1n) is 5.45. The number of anilines is 1. The fraction of sp³-hybridized carbons (Fsp3) is 0.500. The first-order chi connectivity index (χ1) is 6.90. The minimum atomic E-state index is 0.602. The van der Waals surface area contributed by atoms with Crippen molar-refractivity contribution in [1.82, 2.24) is 5.32 Å². The van der Waals surface area contributed by atoms with Gasteiger partial charge in [0.25, 0.3) is 0 Å². The lowest BCUT2D eigenvalue weighted by Gasteiger charge is -2.26. The van der Waals surface area contributed by atoms with Crippen molar-refractivity contribution >= 4 is 5.69 Å². The van der Waals surface area contributed by atoms with Crippen LogP contribution in [0.5, 0.6) is 0 Å². The van der Waals surface area contributed by atoms with Gasteiger partial charge in [-0.3, -0.25) is 0 Å². The second-order valence-corrected chi connectivity index (χ2v) is 3.89. The van der Waals surface area contributed by atoms with Gasteiger partial charge in [0, 0.05) is 18.3 Å². The Labute approximate surface area is 85.7 Å². The van der Waals surface area contributed by atoms with Gasteiger partial charge in [0.2, 0.25) is 0 Å². The predicted octanol–water partition coefficient (Wildman–Crippen LogP) is 2.02. The van der Waals surface area contributed by atoms with Crippen molar-refractivity contribution < 1.29 is 0 Å². The van der Waals surface area contributed by atoms with Gasteiger partial charge < -0.3 is 10.6 Å². The van der Waals surface area contributed by atoms with Crippen LogP contribution in [0.25, 0.3) is 0 Å². The maximum Gasteiger partial charge on any atom is 0.0373 e. The third-order valence-electron chi connectivity index (χ3n) is 2.71. The highest BCUT2D eigenvalue weighted by atomic mass is 15.0. The highest BCUT2D eigenvalue weighted by molar-refractivity contribution is 5.53. The second kappa shape index (κ2) is 4.47. The molecule has 2 rings (SSSR count). The van der Waals surface area contributed by atoms with Crippen LogP contribution in [-0.4, -0.2) is 19.1 Å². The van der Waals surface area contributed by atoms with Crippen LogP contribution in [0.1, 0.15) is 18.9 Å². The van der Waals surface area contributed by atoms with Gasteiger partial charge in [0.05, 0.1) is 0 Å². The van der Waals surface area contributed by atoms with Crippen molar-refractivity contribution in [3.63, 3.8) is 0 Å². The van der Waals surface area contributed by atoms with Crippen molar-refractivity contribution in [2.45, 2.75) is 25.8 Å². The first-order valence-corrected chi connectivity index (χ1v) is 5.45. The Kier molecular flexibility index (Phi) is 3.04. The molecule has 0 radical (unpaired) electrons. The van der Waals surface area contributed by atoms with Crippen LogP contribution in [0.4, 0.5) is 5.69 Å². The van der Waals surface area contributed by atoms with Gasteiger partial charge in [0.1, 0.15) is 0 Å². The molecule has 2 nitrogen and oxygen atoms in total. The van der Waals surface area contributed by atoms with E-state index in [9.17, 15) is 0 Å². The number of hydrogen-bond donors (Lipinski definition) is 2. The van der Waals surface area contributed by atoms with E-state index < -0.39 is 0 Å². The molecule has 1 atom stereocenters. The quantitative estimate of drug-likeness (QED) is 0.762. The molecular formula is C12H18N2. The number of nitrogens with one attached hydrogen (secondary N) is 2. The molecule has 0 saturated heterocycles. The summed E-state index contributed by atoms with van der Waals surface area (Å²) < 4.78 is 0. The summed E-state index contributed by atoms with van der Waals surface area (Å²) in [6, 6.07) is 9.17. The van der Waals surface area contributed by atoms with Crippen LogP contribution in [0, 0.1) is 0 Å². The monoisotopic (exact) mass is 190 g/mol. The molecule has 0 aliphatic carbocycles. The van der Waals surface area contributed by atoms with E-state index in [1.165, 1.54) is 17.7 Å². The molecule has 2 heteroatoms. The number of para-hydroxylation sites is 1. The molecule has 0 aromatic heterocycles. The lowest BCUT2D eigenvalue weighted by molar-refractivity contribution is 0.517. The predicted molar refractivity (Wildman–Crippen MR) is 60.7 cm³/mol. The Morgan fingerprint density at radius 3 is 3.14 bits per heavy atom. The lowest BCUT2D eigenvalue weighted by Crippen LogP contribution is -2.40. The largest absolute Gasteiger partial charge is 0.383 e. The van der Waals surface area contributed by atoms with E-state index in [0.29, 0.717) is 6.04 Å². The van der Waals surface area contributed by atoms with Crippen LogP contribution >= 0.6 is 0 Å². The van der Waals surface area contributed by atoms with Crippen molar-refractivity contribution in [3.8, 4) is 0 Å².